The van der Waals surface area contributed by atoms with Crippen molar-refractivity contribution in [1.82, 2.24) is 9.97 Å². The first kappa shape index (κ1) is 16.1. The fourth-order valence-electron chi connectivity index (χ4n) is 2.91. The predicted molar refractivity (Wildman–Crippen MR) is 96.9 cm³/mol. The minimum atomic E-state index is 0.758. The predicted octanol–water partition coefficient (Wildman–Crippen LogP) is 4.87. The first-order chi connectivity index (χ1) is 11.1. The van der Waals surface area contributed by atoms with Gasteiger partial charge in [0.15, 0.2) is 0 Å². The Bertz CT molecular complexity index is 679. The molecule has 0 radical (unpaired) electrons. The van der Waals surface area contributed by atoms with Crippen molar-refractivity contribution in [2.75, 3.05) is 23.3 Å². The molecule has 2 aromatic rings. The summed E-state index contributed by atoms with van der Waals surface area (Å²) in [5.41, 5.74) is 2.99. The smallest absolute Gasteiger partial charge is 0.227 e. The van der Waals surface area contributed by atoms with Crippen LogP contribution in [0.15, 0.2) is 24.3 Å². The lowest BCUT2D eigenvalue weighted by molar-refractivity contribution is 0.726. The van der Waals surface area contributed by atoms with Crippen molar-refractivity contribution >= 4 is 29.1 Å². The van der Waals surface area contributed by atoms with Gasteiger partial charge in [0, 0.05) is 35.6 Å². The summed E-state index contributed by atoms with van der Waals surface area (Å²) in [6.45, 7) is 6.10. The molecule has 0 bridgehead atoms. The SMILES string of the molecule is Cc1cc(Nc2cccc(Cl)c2C)nc(N2CCCCCC2)n1. The molecule has 1 fully saturated rings. The van der Waals surface area contributed by atoms with Gasteiger partial charge in [0.1, 0.15) is 5.82 Å². The standard InChI is InChI=1S/C18H23ClN4/c1-13-12-17(21-16-9-7-8-15(19)14(16)2)22-18(20-13)23-10-5-3-4-6-11-23/h7-9,12H,3-6,10-11H2,1-2H3,(H,20,21,22). The van der Waals surface area contributed by atoms with Crippen LogP contribution in [0, 0.1) is 13.8 Å². The van der Waals surface area contributed by atoms with Gasteiger partial charge < -0.3 is 10.2 Å². The van der Waals surface area contributed by atoms with Gasteiger partial charge in [-0.05, 0) is 44.4 Å². The molecule has 0 aliphatic carbocycles. The number of hydrogen-bond donors (Lipinski definition) is 1. The maximum Gasteiger partial charge on any atom is 0.227 e. The summed E-state index contributed by atoms with van der Waals surface area (Å²) < 4.78 is 0. The molecule has 1 aromatic carbocycles. The molecule has 0 amide bonds. The maximum absolute atomic E-state index is 6.20. The minimum absolute atomic E-state index is 0.758. The lowest BCUT2D eigenvalue weighted by Gasteiger charge is -2.21. The molecule has 0 spiro atoms. The van der Waals surface area contributed by atoms with Gasteiger partial charge >= 0.3 is 0 Å². The highest BCUT2D eigenvalue weighted by Crippen LogP contribution is 2.26. The molecule has 4 nitrogen and oxygen atoms in total. The quantitative estimate of drug-likeness (QED) is 0.871. The number of rotatable bonds is 3. The van der Waals surface area contributed by atoms with Crippen LogP contribution in [0.4, 0.5) is 17.5 Å². The lowest BCUT2D eigenvalue weighted by atomic mass is 10.2. The van der Waals surface area contributed by atoms with Gasteiger partial charge in [0.2, 0.25) is 5.95 Å². The Labute approximate surface area is 142 Å². The molecule has 1 aliphatic rings. The van der Waals surface area contributed by atoms with Crippen LogP contribution in [-0.2, 0) is 0 Å². The Hall–Kier alpha value is -1.81. The number of benzene rings is 1. The molecule has 1 N–H and O–H groups in total. The Balaban J connectivity index is 1.86. The highest BCUT2D eigenvalue weighted by atomic mass is 35.5. The van der Waals surface area contributed by atoms with Crippen molar-refractivity contribution in [2.24, 2.45) is 0 Å². The van der Waals surface area contributed by atoms with E-state index in [2.05, 4.69) is 15.2 Å². The fourth-order valence-corrected chi connectivity index (χ4v) is 3.08. The van der Waals surface area contributed by atoms with Crippen molar-refractivity contribution in [2.45, 2.75) is 39.5 Å². The van der Waals surface area contributed by atoms with Crippen LogP contribution in [0.2, 0.25) is 5.02 Å². The first-order valence-electron chi connectivity index (χ1n) is 8.26. The van der Waals surface area contributed by atoms with Gasteiger partial charge in [-0.1, -0.05) is 30.5 Å². The number of anilines is 3. The van der Waals surface area contributed by atoms with Crippen LogP contribution in [0.1, 0.15) is 36.9 Å². The monoisotopic (exact) mass is 330 g/mol. The molecule has 0 saturated carbocycles. The third-order valence-electron chi connectivity index (χ3n) is 4.26. The molecule has 5 heteroatoms. The zero-order valence-electron chi connectivity index (χ0n) is 13.8. The zero-order chi connectivity index (χ0) is 16.2. The summed E-state index contributed by atoms with van der Waals surface area (Å²) in [5, 5.41) is 4.14. The summed E-state index contributed by atoms with van der Waals surface area (Å²) in [4.78, 5) is 11.7. The van der Waals surface area contributed by atoms with Crippen LogP contribution in [0.25, 0.3) is 0 Å². The average Bonchev–Trinajstić information content (AvgIpc) is 2.80. The summed E-state index contributed by atoms with van der Waals surface area (Å²) in [6, 6.07) is 7.84. The highest BCUT2D eigenvalue weighted by molar-refractivity contribution is 6.31. The maximum atomic E-state index is 6.20. The zero-order valence-corrected chi connectivity index (χ0v) is 14.5. The van der Waals surface area contributed by atoms with Crippen LogP contribution in [-0.4, -0.2) is 23.1 Å². The second-order valence-corrected chi connectivity index (χ2v) is 6.54. The van der Waals surface area contributed by atoms with E-state index in [9.17, 15) is 0 Å². The van der Waals surface area contributed by atoms with Crippen molar-refractivity contribution < 1.29 is 0 Å². The molecule has 0 unspecified atom stereocenters. The van der Waals surface area contributed by atoms with Crippen LogP contribution < -0.4 is 10.2 Å². The van der Waals surface area contributed by atoms with Crippen molar-refractivity contribution in [3.8, 4) is 0 Å². The van der Waals surface area contributed by atoms with Crippen molar-refractivity contribution in [1.29, 1.82) is 0 Å². The number of halogens is 1. The summed E-state index contributed by atoms with van der Waals surface area (Å²) in [5.74, 6) is 1.65. The van der Waals surface area contributed by atoms with Crippen molar-refractivity contribution in [3.63, 3.8) is 0 Å². The van der Waals surface area contributed by atoms with E-state index in [1.807, 2.05) is 38.1 Å². The molecule has 0 atom stereocenters. The Morgan fingerprint density at radius 2 is 1.78 bits per heavy atom. The van der Waals surface area contributed by atoms with E-state index in [0.29, 0.717) is 0 Å². The molecule has 122 valence electrons. The van der Waals surface area contributed by atoms with Gasteiger partial charge in [-0.3, -0.25) is 0 Å². The highest BCUT2D eigenvalue weighted by Gasteiger charge is 2.14. The molecular formula is C18H23ClN4. The van der Waals surface area contributed by atoms with Gasteiger partial charge in [-0.15, -0.1) is 0 Å². The van der Waals surface area contributed by atoms with E-state index in [4.69, 9.17) is 16.6 Å². The van der Waals surface area contributed by atoms with Crippen LogP contribution in [0.5, 0.6) is 0 Å². The second kappa shape index (κ2) is 7.18. The minimum Gasteiger partial charge on any atom is -0.341 e. The molecular weight excluding hydrogens is 308 g/mol. The number of aryl methyl sites for hydroxylation is 1. The van der Waals surface area contributed by atoms with Crippen LogP contribution >= 0.6 is 11.6 Å². The first-order valence-corrected chi connectivity index (χ1v) is 8.64. The number of hydrogen-bond acceptors (Lipinski definition) is 4. The molecule has 3 rings (SSSR count). The Morgan fingerprint density at radius 3 is 2.52 bits per heavy atom. The molecule has 2 heterocycles. The Morgan fingerprint density at radius 1 is 1.04 bits per heavy atom. The molecule has 1 saturated heterocycles. The molecule has 1 aliphatic heterocycles. The van der Waals surface area contributed by atoms with E-state index in [1.165, 1.54) is 25.7 Å². The topological polar surface area (TPSA) is 41.1 Å². The summed E-state index contributed by atoms with van der Waals surface area (Å²) in [7, 11) is 0. The molecule has 1 aromatic heterocycles. The second-order valence-electron chi connectivity index (χ2n) is 6.13. The normalized spacial score (nSPS) is 15.3. The van der Waals surface area contributed by atoms with Gasteiger partial charge in [0.25, 0.3) is 0 Å². The van der Waals surface area contributed by atoms with Gasteiger partial charge in [-0.2, -0.15) is 4.98 Å². The van der Waals surface area contributed by atoms with E-state index in [-0.39, 0.29) is 0 Å². The third kappa shape index (κ3) is 3.94. The lowest BCUT2D eigenvalue weighted by Crippen LogP contribution is -2.26. The fraction of sp³-hybridized carbons (Fsp3) is 0.444. The van der Waals surface area contributed by atoms with Gasteiger partial charge in [-0.25, -0.2) is 4.98 Å². The summed E-state index contributed by atoms with van der Waals surface area (Å²) in [6.07, 6.45) is 5.03. The molecule has 23 heavy (non-hydrogen) atoms. The number of nitrogens with zero attached hydrogens (tertiary/aromatic N) is 3. The Kier molecular flexibility index (Phi) is 5.01. The van der Waals surface area contributed by atoms with E-state index in [1.54, 1.807) is 0 Å². The third-order valence-corrected chi connectivity index (χ3v) is 4.67. The average molecular weight is 331 g/mol. The van der Waals surface area contributed by atoms with Gasteiger partial charge in [0.05, 0.1) is 0 Å². The summed E-state index contributed by atoms with van der Waals surface area (Å²) >= 11 is 6.20. The largest absolute Gasteiger partial charge is 0.341 e. The van der Waals surface area contributed by atoms with E-state index >= 15 is 0 Å². The van der Waals surface area contributed by atoms with E-state index in [0.717, 1.165) is 46.8 Å². The van der Waals surface area contributed by atoms with Crippen LogP contribution in [0.3, 0.4) is 0 Å². The number of nitrogens with one attached hydrogen (secondary N) is 1. The van der Waals surface area contributed by atoms with E-state index < -0.39 is 0 Å². The van der Waals surface area contributed by atoms with Crippen molar-refractivity contribution in [3.05, 3.63) is 40.5 Å². The number of aromatic nitrogens is 2.